The van der Waals surface area contributed by atoms with Crippen LogP contribution in [-0.2, 0) is 23.7 Å². The third kappa shape index (κ3) is 9.98. The van der Waals surface area contributed by atoms with Gasteiger partial charge >= 0.3 is 0 Å². The Kier molecular flexibility index (Phi) is 11.8. The second kappa shape index (κ2) is 13.3. The second-order valence-electron chi connectivity index (χ2n) is 6.22. The summed E-state index contributed by atoms with van der Waals surface area (Å²) < 4.78 is 26.8. The molecule has 0 bridgehead atoms. The van der Waals surface area contributed by atoms with E-state index in [0.29, 0.717) is 45.2 Å². The van der Waals surface area contributed by atoms with Gasteiger partial charge in [-0.2, -0.15) is 0 Å². The van der Waals surface area contributed by atoms with Crippen molar-refractivity contribution in [2.75, 3.05) is 46.2 Å². The van der Waals surface area contributed by atoms with Crippen molar-refractivity contribution in [2.45, 2.75) is 45.2 Å². The number of hydrogen-bond donors (Lipinski definition) is 3. The van der Waals surface area contributed by atoms with Gasteiger partial charge in [0.05, 0.1) is 45.7 Å². The first-order valence-electron chi connectivity index (χ1n) is 8.76. The van der Waals surface area contributed by atoms with Crippen LogP contribution in [0.2, 0.25) is 0 Å². The Labute approximate surface area is 149 Å². The maximum absolute atomic E-state index is 9.63. The molecule has 3 unspecified atom stereocenters. The van der Waals surface area contributed by atoms with Crippen LogP contribution in [-0.4, -0.2) is 80.1 Å². The van der Waals surface area contributed by atoms with Crippen molar-refractivity contribution in [3.05, 3.63) is 12.0 Å². The highest BCUT2D eigenvalue weighted by Crippen LogP contribution is 2.23. The molecule has 1 fully saturated rings. The molecule has 1 aliphatic heterocycles. The number of hydrogen-bond acceptors (Lipinski definition) is 8. The topological polar surface area (TPSA) is 107 Å². The van der Waals surface area contributed by atoms with E-state index in [1.54, 1.807) is 0 Å². The van der Waals surface area contributed by atoms with Gasteiger partial charge in [-0.1, -0.05) is 13.8 Å². The van der Waals surface area contributed by atoms with Crippen molar-refractivity contribution >= 4 is 0 Å². The minimum absolute atomic E-state index is 0.103. The first-order chi connectivity index (χ1) is 12.0. The third-order valence-corrected chi connectivity index (χ3v) is 3.60. The maximum Gasteiger partial charge on any atom is 0.202 e. The number of rotatable bonds is 13. The first kappa shape index (κ1) is 22.1. The molecule has 0 radical (unpaired) electrons. The summed E-state index contributed by atoms with van der Waals surface area (Å²) >= 11 is 0. The molecule has 0 aliphatic carbocycles. The van der Waals surface area contributed by atoms with Crippen LogP contribution in [0.5, 0.6) is 0 Å². The van der Waals surface area contributed by atoms with E-state index in [-0.39, 0.29) is 18.8 Å². The average Bonchev–Trinajstić information content (AvgIpc) is 2.58. The van der Waals surface area contributed by atoms with E-state index in [0.717, 1.165) is 13.0 Å². The highest BCUT2D eigenvalue weighted by molar-refractivity contribution is 5.02. The predicted octanol–water partition coefficient (Wildman–Crippen LogP) is 0.967. The summed E-state index contributed by atoms with van der Waals surface area (Å²) in [5, 5.41) is 28.1. The quantitative estimate of drug-likeness (QED) is 0.328. The van der Waals surface area contributed by atoms with Crippen LogP contribution in [0.1, 0.15) is 26.7 Å². The molecule has 1 heterocycles. The Bertz CT molecular complexity index is 361. The Balaban J connectivity index is 1.90. The van der Waals surface area contributed by atoms with E-state index < -0.39 is 18.5 Å². The second-order valence-corrected chi connectivity index (χ2v) is 6.22. The molecule has 0 amide bonds. The van der Waals surface area contributed by atoms with Gasteiger partial charge in [-0.05, 0) is 12.3 Å². The summed E-state index contributed by atoms with van der Waals surface area (Å²) in [5.74, 6) is 0.545. The summed E-state index contributed by atoms with van der Waals surface area (Å²) in [6.07, 6.45) is -1.18. The molecular formula is C17H32O8. The number of ether oxygens (including phenoxy) is 5. The van der Waals surface area contributed by atoms with Gasteiger partial charge in [-0.3, -0.25) is 0 Å². The van der Waals surface area contributed by atoms with Gasteiger partial charge in [0.15, 0.2) is 5.76 Å². The monoisotopic (exact) mass is 364 g/mol. The van der Waals surface area contributed by atoms with Crippen LogP contribution in [0.3, 0.4) is 0 Å². The smallest absolute Gasteiger partial charge is 0.202 e. The zero-order chi connectivity index (χ0) is 18.5. The summed E-state index contributed by atoms with van der Waals surface area (Å²) in [6, 6.07) is 0. The molecule has 0 aromatic rings. The predicted molar refractivity (Wildman–Crippen MR) is 90.1 cm³/mol. The Morgan fingerprint density at radius 2 is 1.56 bits per heavy atom. The van der Waals surface area contributed by atoms with Crippen LogP contribution >= 0.6 is 0 Å². The molecule has 8 heteroatoms. The lowest BCUT2D eigenvalue weighted by Gasteiger charge is -2.32. The van der Waals surface area contributed by atoms with Gasteiger partial charge in [0.25, 0.3) is 0 Å². The van der Waals surface area contributed by atoms with Crippen molar-refractivity contribution in [1.82, 2.24) is 0 Å². The lowest BCUT2D eigenvalue weighted by molar-refractivity contribution is -0.191. The van der Waals surface area contributed by atoms with Gasteiger partial charge in [-0.15, -0.1) is 0 Å². The minimum atomic E-state index is -1.23. The highest BCUT2D eigenvalue weighted by atomic mass is 16.7. The van der Waals surface area contributed by atoms with E-state index in [4.69, 9.17) is 28.8 Å². The van der Waals surface area contributed by atoms with Crippen LogP contribution in [0, 0.1) is 5.92 Å². The van der Waals surface area contributed by atoms with E-state index in [2.05, 4.69) is 13.8 Å². The van der Waals surface area contributed by atoms with Gasteiger partial charge in [0, 0.05) is 13.0 Å². The Morgan fingerprint density at radius 1 is 1.00 bits per heavy atom. The molecular weight excluding hydrogens is 332 g/mol. The van der Waals surface area contributed by atoms with Gasteiger partial charge < -0.3 is 39.0 Å². The van der Waals surface area contributed by atoms with Crippen LogP contribution in [0.4, 0.5) is 0 Å². The largest absolute Gasteiger partial charge is 0.512 e. The van der Waals surface area contributed by atoms with Crippen molar-refractivity contribution in [3.63, 3.8) is 0 Å². The molecule has 1 aliphatic rings. The van der Waals surface area contributed by atoms with E-state index >= 15 is 0 Å². The van der Waals surface area contributed by atoms with Gasteiger partial charge in [0.1, 0.15) is 12.4 Å². The summed E-state index contributed by atoms with van der Waals surface area (Å²) in [7, 11) is 0. The summed E-state index contributed by atoms with van der Waals surface area (Å²) in [6.45, 7) is 7.77. The summed E-state index contributed by atoms with van der Waals surface area (Å²) in [4.78, 5) is 0. The zero-order valence-electron chi connectivity index (χ0n) is 15.1. The zero-order valence-corrected chi connectivity index (χ0v) is 15.1. The molecule has 25 heavy (non-hydrogen) atoms. The van der Waals surface area contributed by atoms with Crippen LogP contribution < -0.4 is 0 Å². The van der Waals surface area contributed by atoms with E-state index in [1.165, 1.54) is 0 Å². The molecule has 0 aromatic carbocycles. The molecule has 0 aromatic heterocycles. The van der Waals surface area contributed by atoms with Gasteiger partial charge in [-0.25, -0.2) is 0 Å². The normalized spacial score (nSPS) is 25.5. The molecule has 148 valence electrons. The molecule has 0 spiro atoms. The molecule has 1 rings (SSSR count). The SMILES string of the molecule is CC(C)CCOCCOCCOCCOC1CC(O)C(O)/C(=C\O)O1. The van der Waals surface area contributed by atoms with E-state index in [9.17, 15) is 10.2 Å². The van der Waals surface area contributed by atoms with Crippen molar-refractivity contribution in [2.24, 2.45) is 5.92 Å². The lowest BCUT2D eigenvalue weighted by atomic mass is 10.1. The fourth-order valence-corrected chi connectivity index (χ4v) is 2.09. The molecule has 3 N–H and O–H groups in total. The van der Waals surface area contributed by atoms with Crippen LogP contribution in [0.25, 0.3) is 0 Å². The highest BCUT2D eigenvalue weighted by Gasteiger charge is 2.33. The number of aliphatic hydroxyl groups is 3. The average molecular weight is 364 g/mol. The lowest BCUT2D eigenvalue weighted by Crippen LogP contribution is -2.41. The molecule has 3 atom stereocenters. The van der Waals surface area contributed by atoms with Gasteiger partial charge in [0.2, 0.25) is 6.29 Å². The minimum Gasteiger partial charge on any atom is -0.512 e. The molecule has 8 nitrogen and oxygen atoms in total. The fraction of sp³-hybridized carbons (Fsp3) is 0.882. The number of aliphatic hydroxyl groups excluding tert-OH is 3. The van der Waals surface area contributed by atoms with Crippen molar-refractivity contribution in [3.8, 4) is 0 Å². The summed E-state index contributed by atoms with van der Waals surface area (Å²) in [5.41, 5.74) is 0. The molecule has 0 saturated carbocycles. The first-order valence-corrected chi connectivity index (χ1v) is 8.76. The standard InChI is InChI=1S/C17H32O8/c1-13(2)3-4-21-5-6-22-7-8-23-9-10-24-16-11-14(19)17(20)15(12-18)25-16/h12-14,16-20H,3-11H2,1-2H3/b15-12+. The molecule has 1 saturated heterocycles. The maximum atomic E-state index is 9.63. The third-order valence-electron chi connectivity index (χ3n) is 3.60. The van der Waals surface area contributed by atoms with Crippen molar-refractivity contribution in [1.29, 1.82) is 0 Å². The van der Waals surface area contributed by atoms with Crippen LogP contribution in [0.15, 0.2) is 12.0 Å². The Hall–Kier alpha value is -0.900. The Morgan fingerprint density at radius 3 is 2.12 bits per heavy atom. The van der Waals surface area contributed by atoms with Crippen molar-refractivity contribution < 1.29 is 39.0 Å². The van der Waals surface area contributed by atoms with E-state index in [1.807, 2.05) is 0 Å². The fourth-order valence-electron chi connectivity index (χ4n) is 2.09.